The summed E-state index contributed by atoms with van der Waals surface area (Å²) in [5.41, 5.74) is 1.30. The number of allylic oxidation sites excluding steroid dienone is 1. The zero-order valence-corrected chi connectivity index (χ0v) is 7.78. The van der Waals surface area contributed by atoms with Crippen LogP contribution in [0.4, 0.5) is 0 Å². The van der Waals surface area contributed by atoms with Crippen LogP contribution in [0.5, 0.6) is 0 Å². The molecule has 0 atom stereocenters. The Balaban J connectivity index is 3.29. The minimum atomic E-state index is 1.06. The summed E-state index contributed by atoms with van der Waals surface area (Å²) in [5, 5.41) is 0. The number of rotatable bonds is 4. The molecule has 0 aromatic carbocycles. The highest BCUT2D eigenvalue weighted by Gasteiger charge is 2.04. The fraction of sp³-hybridized carbons (Fsp3) is 0.778. The second-order valence-corrected chi connectivity index (χ2v) is 4.07. The first kappa shape index (κ1) is 9.70. The van der Waals surface area contributed by atoms with E-state index in [9.17, 15) is 0 Å². The standard InChI is InChI=1S/C9H20N/c1-9(2)7-6-8-10(3,4)5/h1,6-8H2,2-5H3/q+1. The van der Waals surface area contributed by atoms with Gasteiger partial charge in [0.15, 0.2) is 0 Å². The summed E-state index contributed by atoms with van der Waals surface area (Å²) >= 11 is 0. The minimum Gasteiger partial charge on any atom is -0.331 e. The van der Waals surface area contributed by atoms with Crippen LogP contribution in [0.15, 0.2) is 12.2 Å². The molecular formula is C9H20N+. The third kappa shape index (κ3) is 7.70. The highest BCUT2D eigenvalue weighted by molar-refractivity contribution is 4.86. The van der Waals surface area contributed by atoms with Gasteiger partial charge in [-0.3, -0.25) is 0 Å². The fourth-order valence-corrected chi connectivity index (χ4v) is 0.855. The van der Waals surface area contributed by atoms with Gasteiger partial charge in [-0.05, 0) is 13.3 Å². The molecule has 0 heterocycles. The van der Waals surface area contributed by atoms with Gasteiger partial charge in [0.05, 0.1) is 27.7 Å². The van der Waals surface area contributed by atoms with E-state index in [1.807, 2.05) is 0 Å². The van der Waals surface area contributed by atoms with Crippen LogP contribution in [-0.2, 0) is 0 Å². The molecule has 0 saturated heterocycles. The quantitative estimate of drug-likeness (QED) is 0.416. The molecule has 0 fully saturated rings. The Morgan fingerprint density at radius 3 is 2.10 bits per heavy atom. The summed E-state index contributed by atoms with van der Waals surface area (Å²) in [6.07, 6.45) is 2.44. The van der Waals surface area contributed by atoms with E-state index in [-0.39, 0.29) is 0 Å². The van der Waals surface area contributed by atoms with Gasteiger partial charge in [-0.15, -0.1) is 6.58 Å². The summed E-state index contributed by atoms with van der Waals surface area (Å²) in [5.74, 6) is 0. The predicted octanol–water partition coefficient (Wildman–Crippen LogP) is 2.05. The molecule has 10 heavy (non-hydrogen) atoms. The molecule has 0 bridgehead atoms. The first-order chi connectivity index (χ1) is 4.42. The lowest BCUT2D eigenvalue weighted by molar-refractivity contribution is -0.870. The van der Waals surface area contributed by atoms with Crippen LogP contribution in [0.2, 0.25) is 0 Å². The Morgan fingerprint density at radius 1 is 1.30 bits per heavy atom. The molecule has 0 aliphatic heterocycles. The summed E-state index contributed by atoms with van der Waals surface area (Å²) in [6.45, 7) is 7.20. The smallest absolute Gasteiger partial charge is 0.0783 e. The van der Waals surface area contributed by atoms with Crippen LogP contribution in [0.25, 0.3) is 0 Å². The second-order valence-electron chi connectivity index (χ2n) is 4.07. The summed E-state index contributed by atoms with van der Waals surface area (Å²) in [7, 11) is 6.66. The highest BCUT2D eigenvalue weighted by Crippen LogP contribution is 2.03. The summed E-state index contributed by atoms with van der Waals surface area (Å²) in [4.78, 5) is 0. The number of quaternary nitrogens is 1. The van der Waals surface area contributed by atoms with Gasteiger partial charge < -0.3 is 4.48 Å². The molecule has 0 unspecified atom stereocenters. The third-order valence-corrected chi connectivity index (χ3v) is 1.43. The van der Waals surface area contributed by atoms with Gasteiger partial charge in [0, 0.05) is 6.42 Å². The zero-order valence-electron chi connectivity index (χ0n) is 7.78. The van der Waals surface area contributed by atoms with Crippen molar-refractivity contribution in [3.05, 3.63) is 12.2 Å². The van der Waals surface area contributed by atoms with Crippen molar-refractivity contribution in [3.63, 3.8) is 0 Å². The maximum atomic E-state index is 3.87. The van der Waals surface area contributed by atoms with E-state index in [2.05, 4.69) is 34.6 Å². The van der Waals surface area contributed by atoms with Gasteiger partial charge in [0.25, 0.3) is 0 Å². The maximum absolute atomic E-state index is 3.87. The Morgan fingerprint density at radius 2 is 1.80 bits per heavy atom. The van der Waals surface area contributed by atoms with Gasteiger partial charge in [-0.25, -0.2) is 0 Å². The van der Waals surface area contributed by atoms with Crippen molar-refractivity contribution < 1.29 is 4.48 Å². The highest BCUT2D eigenvalue weighted by atomic mass is 15.3. The third-order valence-electron chi connectivity index (χ3n) is 1.43. The fourth-order valence-electron chi connectivity index (χ4n) is 0.855. The molecule has 0 aromatic heterocycles. The van der Waals surface area contributed by atoms with Crippen LogP contribution in [-0.4, -0.2) is 32.2 Å². The van der Waals surface area contributed by atoms with Crippen LogP contribution in [0.1, 0.15) is 19.8 Å². The van der Waals surface area contributed by atoms with E-state index >= 15 is 0 Å². The molecule has 60 valence electrons. The molecule has 0 radical (unpaired) electrons. The van der Waals surface area contributed by atoms with Crippen molar-refractivity contribution in [2.24, 2.45) is 0 Å². The number of hydrogen-bond donors (Lipinski definition) is 0. The van der Waals surface area contributed by atoms with Gasteiger partial charge >= 0.3 is 0 Å². The van der Waals surface area contributed by atoms with Crippen molar-refractivity contribution in [1.82, 2.24) is 0 Å². The van der Waals surface area contributed by atoms with Crippen LogP contribution in [0.3, 0.4) is 0 Å². The summed E-state index contributed by atoms with van der Waals surface area (Å²) < 4.78 is 1.06. The van der Waals surface area contributed by atoms with Gasteiger partial charge in [-0.1, -0.05) is 5.57 Å². The topological polar surface area (TPSA) is 0 Å². The van der Waals surface area contributed by atoms with E-state index in [1.165, 1.54) is 25.0 Å². The van der Waals surface area contributed by atoms with Gasteiger partial charge in [0.2, 0.25) is 0 Å². The van der Waals surface area contributed by atoms with Crippen molar-refractivity contribution in [3.8, 4) is 0 Å². The first-order valence-electron chi connectivity index (χ1n) is 3.86. The second kappa shape index (κ2) is 3.77. The van der Waals surface area contributed by atoms with Crippen molar-refractivity contribution in [2.45, 2.75) is 19.8 Å². The predicted molar refractivity (Wildman–Crippen MR) is 46.9 cm³/mol. The Bertz CT molecular complexity index is 108. The van der Waals surface area contributed by atoms with Crippen LogP contribution in [0, 0.1) is 0 Å². The molecule has 0 aromatic rings. The molecule has 1 nitrogen and oxygen atoms in total. The molecule has 1 heteroatoms. The van der Waals surface area contributed by atoms with E-state index in [4.69, 9.17) is 0 Å². The first-order valence-corrected chi connectivity index (χ1v) is 3.86. The van der Waals surface area contributed by atoms with Crippen LogP contribution >= 0.6 is 0 Å². The number of hydrogen-bond acceptors (Lipinski definition) is 0. The Kier molecular flexibility index (Phi) is 3.66. The average Bonchev–Trinajstić information content (AvgIpc) is 1.59. The normalized spacial score (nSPS) is 11.6. The zero-order chi connectivity index (χ0) is 8.20. The maximum Gasteiger partial charge on any atom is 0.0783 e. The molecule has 0 N–H and O–H groups in total. The van der Waals surface area contributed by atoms with Crippen molar-refractivity contribution in [2.75, 3.05) is 27.7 Å². The number of nitrogens with zero attached hydrogens (tertiary/aromatic N) is 1. The molecule has 0 amide bonds. The Hall–Kier alpha value is -0.300. The molecule has 0 spiro atoms. The Labute approximate surface area is 64.9 Å². The average molecular weight is 142 g/mol. The van der Waals surface area contributed by atoms with E-state index < -0.39 is 0 Å². The lowest BCUT2D eigenvalue weighted by Gasteiger charge is -2.23. The van der Waals surface area contributed by atoms with Crippen molar-refractivity contribution >= 4 is 0 Å². The van der Waals surface area contributed by atoms with E-state index in [1.54, 1.807) is 0 Å². The largest absolute Gasteiger partial charge is 0.331 e. The lowest BCUT2D eigenvalue weighted by Crippen LogP contribution is -2.35. The molecule has 0 rings (SSSR count). The van der Waals surface area contributed by atoms with E-state index in [0.717, 1.165) is 4.48 Å². The molecular weight excluding hydrogens is 122 g/mol. The van der Waals surface area contributed by atoms with Crippen LogP contribution < -0.4 is 0 Å². The van der Waals surface area contributed by atoms with Crippen molar-refractivity contribution in [1.29, 1.82) is 0 Å². The molecule has 0 aliphatic rings. The minimum absolute atomic E-state index is 1.06. The van der Waals surface area contributed by atoms with Gasteiger partial charge in [0.1, 0.15) is 0 Å². The SMILES string of the molecule is C=C(C)CCC[N+](C)(C)C. The molecule has 0 aliphatic carbocycles. The molecule has 0 saturated carbocycles. The lowest BCUT2D eigenvalue weighted by atomic mass is 10.2. The van der Waals surface area contributed by atoms with Gasteiger partial charge in [-0.2, -0.15) is 0 Å². The van der Waals surface area contributed by atoms with E-state index in [0.29, 0.717) is 0 Å². The monoisotopic (exact) mass is 142 g/mol. The summed E-state index contributed by atoms with van der Waals surface area (Å²) in [6, 6.07) is 0.